The van der Waals surface area contributed by atoms with Gasteiger partial charge in [0.05, 0.1) is 33.3 Å². The minimum atomic E-state index is -1.41. The fraction of sp³-hybridized carbons (Fsp3) is 0.643. The Labute approximate surface area is 137 Å². The molecule has 0 bridgehead atoms. The van der Waals surface area contributed by atoms with Gasteiger partial charge in [-0.15, -0.1) is 0 Å². The van der Waals surface area contributed by atoms with Gasteiger partial charge in [0.1, 0.15) is 18.0 Å². The molecule has 2 aromatic heterocycles. The van der Waals surface area contributed by atoms with E-state index in [-0.39, 0.29) is 6.61 Å². The van der Waals surface area contributed by atoms with Crippen LogP contribution in [0.3, 0.4) is 0 Å². The van der Waals surface area contributed by atoms with Crippen molar-refractivity contribution < 1.29 is 29.2 Å². The van der Waals surface area contributed by atoms with Crippen molar-refractivity contribution in [1.29, 1.82) is 0 Å². The number of hydrogen-bond acceptors (Lipinski definition) is 9. The maximum Gasteiger partial charge on any atom is 0.245 e. The molecule has 2 unspecified atom stereocenters. The maximum atomic E-state index is 10.5. The molecule has 2 fully saturated rings. The summed E-state index contributed by atoms with van der Waals surface area (Å²) < 4.78 is 24.0. The van der Waals surface area contributed by atoms with Gasteiger partial charge in [-0.25, -0.2) is 9.97 Å². The van der Waals surface area contributed by atoms with Crippen LogP contribution in [0.15, 0.2) is 6.33 Å². The van der Waals surface area contributed by atoms with E-state index >= 15 is 0 Å². The van der Waals surface area contributed by atoms with Crippen LogP contribution < -0.4 is 4.74 Å². The number of nitrogens with zero attached hydrogens (tertiary/aromatic N) is 4. The molecule has 10 heteroatoms. The molecule has 3 atom stereocenters. The monoisotopic (exact) mass is 338 g/mol. The van der Waals surface area contributed by atoms with Gasteiger partial charge < -0.3 is 29.2 Å². The van der Waals surface area contributed by atoms with Crippen LogP contribution in [0.2, 0.25) is 0 Å². The van der Waals surface area contributed by atoms with E-state index in [1.807, 2.05) is 0 Å². The molecule has 0 radical (unpaired) electrons. The van der Waals surface area contributed by atoms with E-state index in [2.05, 4.69) is 15.0 Å². The fourth-order valence-corrected chi connectivity index (χ4v) is 3.21. The molecular weight excluding hydrogens is 320 g/mol. The van der Waals surface area contributed by atoms with E-state index in [0.717, 1.165) is 0 Å². The average Bonchev–Trinajstić information content (AvgIpc) is 3.28. The normalized spacial score (nSPS) is 28.9. The number of rotatable bonds is 3. The molecule has 2 aliphatic rings. The van der Waals surface area contributed by atoms with Gasteiger partial charge in [0.15, 0.2) is 17.4 Å². The largest absolute Gasteiger partial charge is 0.479 e. The van der Waals surface area contributed by atoms with E-state index in [9.17, 15) is 10.2 Å². The van der Waals surface area contributed by atoms with Gasteiger partial charge in [0.2, 0.25) is 11.7 Å². The van der Waals surface area contributed by atoms with Crippen molar-refractivity contribution in [3.8, 4) is 5.88 Å². The van der Waals surface area contributed by atoms with Crippen molar-refractivity contribution in [2.24, 2.45) is 0 Å². The predicted octanol–water partition coefficient (Wildman–Crippen LogP) is -0.863. The van der Waals surface area contributed by atoms with E-state index in [4.69, 9.17) is 18.9 Å². The first-order valence-corrected chi connectivity index (χ1v) is 7.58. The Morgan fingerprint density at radius 1 is 1.38 bits per heavy atom. The smallest absolute Gasteiger partial charge is 0.245 e. The van der Waals surface area contributed by atoms with Crippen LogP contribution in [0.5, 0.6) is 5.88 Å². The molecule has 4 heterocycles. The van der Waals surface area contributed by atoms with Gasteiger partial charge in [-0.2, -0.15) is 4.98 Å². The Bertz CT molecular complexity index is 759. The van der Waals surface area contributed by atoms with Gasteiger partial charge >= 0.3 is 0 Å². The second-order valence-corrected chi connectivity index (χ2v) is 5.68. The number of hydrogen-bond donors (Lipinski definition) is 2. The highest BCUT2D eigenvalue weighted by Gasteiger charge is 2.61. The van der Waals surface area contributed by atoms with Gasteiger partial charge in [-0.1, -0.05) is 0 Å². The minimum absolute atomic E-state index is 0.318. The Kier molecular flexibility index (Phi) is 3.66. The van der Waals surface area contributed by atoms with Crippen LogP contribution in [-0.4, -0.2) is 74.7 Å². The lowest BCUT2D eigenvalue weighted by molar-refractivity contribution is -0.242. The molecule has 0 aliphatic carbocycles. The lowest BCUT2D eigenvalue weighted by Crippen LogP contribution is -2.48. The van der Waals surface area contributed by atoms with Gasteiger partial charge in [0.25, 0.3) is 0 Å². The molecule has 2 saturated heterocycles. The summed E-state index contributed by atoms with van der Waals surface area (Å²) in [7, 11) is 1.50. The average molecular weight is 338 g/mol. The first-order valence-electron chi connectivity index (χ1n) is 7.58. The number of aryl methyl sites for hydroxylation is 1. The van der Waals surface area contributed by atoms with Gasteiger partial charge in [-0.3, -0.25) is 4.57 Å². The highest BCUT2D eigenvalue weighted by Crippen LogP contribution is 2.45. The Hall–Kier alpha value is -1.85. The van der Waals surface area contributed by atoms with Crippen LogP contribution in [0.4, 0.5) is 0 Å². The minimum Gasteiger partial charge on any atom is -0.479 e. The summed E-state index contributed by atoms with van der Waals surface area (Å²) in [6.45, 7) is 2.01. The third kappa shape index (κ3) is 2.04. The number of aliphatic hydroxyl groups is 2. The second-order valence-electron chi connectivity index (χ2n) is 5.68. The van der Waals surface area contributed by atoms with Crippen molar-refractivity contribution in [2.45, 2.75) is 31.1 Å². The van der Waals surface area contributed by atoms with Gasteiger partial charge in [-0.05, 0) is 6.92 Å². The van der Waals surface area contributed by atoms with Crippen molar-refractivity contribution in [2.75, 3.05) is 26.9 Å². The number of ether oxygens (including phenoxy) is 4. The van der Waals surface area contributed by atoms with Crippen LogP contribution in [-0.2, 0) is 14.2 Å². The quantitative estimate of drug-likeness (QED) is 0.736. The third-order valence-electron chi connectivity index (χ3n) is 4.28. The predicted molar refractivity (Wildman–Crippen MR) is 78.2 cm³/mol. The summed E-state index contributed by atoms with van der Waals surface area (Å²) in [4.78, 5) is 12.9. The topological polar surface area (TPSA) is 121 Å². The maximum absolute atomic E-state index is 10.5. The summed E-state index contributed by atoms with van der Waals surface area (Å²) >= 11 is 0. The molecule has 1 spiro atoms. The molecule has 0 amide bonds. The molecule has 2 N–H and O–H groups in total. The number of aliphatic hydroxyl groups excluding tert-OH is 2. The van der Waals surface area contributed by atoms with E-state index < -0.39 is 24.2 Å². The van der Waals surface area contributed by atoms with E-state index in [1.54, 1.807) is 11.5 Å². The van der Waals surface area contributed by atoms with Gasteiger partial charge in [0, 0.05) is 0 Å². The van der Waals surface area contributed by atoms with Crippen molar-refractivity contribution in [1.82, 2.24) is 19.5 Å². The molecule has 24 heavy (non-hydrogen) atoms. The first-order chi connectivity index (χ1) is 11.6. The molecule has 130 valence electrons. The summed E-state index contributed by atoms with van der Waals surface area (Å²) in [5.41, 5.74) is 0.926. The Morgan fingerprint density at radius 3 is 2.79 bits per heavy atom. The number of methoxy groups -OCH3 is 1. The molecule has 2 aliphatic heterocycles. The first kappa shape index (κ1) is 15.7. The number of imidazole rings is 1. The lowest BCUT2D eigenvalue weighted by atomic mass is 10.1. The van der Waals surface area contributed by atoms with Crippen LogP contribution in [0, 0.1) is 6.92 Å². The van der Waals surface area contributed by atoms with E-state index in [1.165, 1.54) is 13.4 Å². The standard InChI is InChI=1S/C14H18N4O6/c1-7-16-11-9(12(17-7)21-2)15-6-18(11)13-14(22-3-4-23-14)10(20)8(5-19)24-13/h6,8,10,13,19-20H,3-5H2,1-2H3/t8?,10-,13?/m1/s1. The summed E-state index contributed by atoms with van der Waals surface area (Å²) in [6, 6.07) is 0. The third-order valence-corrected chi connectivity index (χ3v) is 4.28. The van der Waals surface area contributed by atoms with Crippen LogP contribution >= 0.6 is 0 Å². The van der Waals surface area contributed by atoms with Crippen LogP contribution in [0.1, 0.15) is 12.1 Å². The zero-order valence-corrected chi connectivity index (χ0v) is 13.2. The highest BCUT2D eigenvalue weighted by atomic mass is 16.8. The summed E-state index contributed by atoms with van der Waals surface area (Å²) in [5, 5.41) is 20.0. The van der Waals surface area contributed by atoms with E-state index in [0.29, 0.717) is 36.1 Å². The molecule has 10 nitrogen and oxygen atoms in total. The number of aromatic nitrogens is 4. The zero-order valence-electron chi connectivity index (χ0n) is 13.2. The SMILES string of the molecule is COc1nc(C)nc2c1ncn2C1OC(CO)[C@@H](O)C12OCCO2. The van der Waals surface area contributed by atoms with Crippen molar-refractivity contribution in [3.05, 3.63) is 12.2 Å². The highest BCUT2D eigenvalue weighted by molar-refractivity contribution is 5.76. The Morgan fingerprint density at radius 2 is 2.12 bits per heavy atom. The molecule has 4 rings (SSSR count). The molecule has 0 aromatic carbocycles. The van der Waals surface area contributed by atoms with Crippen molar-refractivity contribution >= 4 is 11.2 Å². The molecule has 2 aromatic rings. The second kappa shape index (κ2) is 5.60. The molecule has 0 saturated carbocycles. The zero-order chi connectivity index (χ0) is 16.9. The summed E-state index contributed by atoms with van der Waals surface area (Å²) in [6.07, 6.45) is -1.32. The van der Waals surface area contributed by atoms with Crippen molar-refractivity contribution in [3.63, 3.8) is 0 Å². The Balaban J connectivity index is 1.86. The van der Waals surface area contributed by atoms with Crippen LogP contribution in [0.25, 0.3) is 11.2 Å². The number of fused-ring (bicyclic) bond motifs is 1. The lowest BCUT2D eigenvalue weighted by Gasteiger charge is -2.30. The summed E-state index contributed by atoms with van der Waals surface area (Å²) in [5.74, 6) is -0.566. The fourth-order valence-electron chi connectivity index (χ4n) is 3.21. The molecular formula is C14H18N4O6.